The van der Waals surface area contributed by atoms with Gasteiger partial charge in [0.15, 0.2) is 5.76 Å². The van der Waals surface area contributed by atoms with Crippen LogP contribution < -0.4 is 5.32 Å². The van der Waals surface area contributed by atoms with E-state index >= 15 is 0 Å². The van der Waals surface area contributed by atoms with Gasteiger partial charge in [-0.25, -0.2) is 4.39 Å². The van der Waals surface area contributed by atoms with E-state index in [1.807, 2.05) is 12.1 Å². The number of benzene rings is 1. The third-order valence-corrected chi connectivity index (χ3v) is 6.42. The van der Waals surface area contributed by atoms with E-state index < -0.39 is 0 Å². The minimum atomic E-state index is -0.204. The summed E-state index contributed by atoms with van der Waals surface area (Å²) in [5.74, 6) is 0.727. The van der Waals surface area contributed by atoms with Crippen molar-refractivity contribution in [1.82, 2.24) is 10.2 Å². The lowest BCUT2D eigenvalue weighted by atomic mass is 9.73. The molecular formula is C21H23FN2O3. The summed E-state index contributed by atoms with van der Waals surface area (Å²) in [7, 11) is 0. The molecule has 3 aliphatic heterocycles. The smallest absolute Gasteiger partial charge is 0.286 e. The highest BCUT2D eigenvalue weighted by Gasteiger charge is 2.62. The van der Waals surface area contributed by atoms with Gasteiger partial charge < -0.3 is 14.5 Å². The highest BCUT2D eigenvalue weighted by atomic mass is 19.1. The average molecular weight is 370 g/mol. The Balaban J connectivity index is 1.25. The number of furan rings is 1. The summed E-state index contributed by atoms with van der Waals surface area (Å²) in [5.41, 5.74) is 1.04. The molecule has 1 aromatic carbocycles. The molecule has 4 heterocycles. The number of rotatable bonds is 5. The first-order chi connectivity index (χ1) is 13.1. The summed E-state index contributed by atoms with van der Waals surface area (Å²) in [5, 5.41) is 3.02. The van der Waals surface area contributed by atoms with Gasteiger partial charge in [-0.05, 0) is 42.7 Å². The molecule has 142 valence electrons. The quantitative estimate of drug-likeness (QED) is 0.879. The summed E-state index contributed by atoms with van der Waals surface area (Å²) >= 11 is 0. The molecule has 2 bridgehead atoms. The van der Waals surface area contributed by atoms with Crippen molar-refractivity contribution in [3.8, 4) is 0 Å². The van der Waals surface area contributed by atoms with E-state index in [-0.39, 0.29) is 23.4 Å². The number of nitrogens with one attached hydrogen (secondary N) is 1. The first-order valence-electron chi connectivity index (χ1n) is 9.59. The number of amides is 1. The van der Waals surface area contributed by atoms with E-state index in [1.165, 1.54) is 18.4 Å². The van der Waals surface area contributed by atoms with Crippen molar-refractivity contribution in [3.63, 3.8) is 0 Å². The van der Waals surface area contributed by atoms with Crippen LogP contribution in [0.2, 0.25) is 0 Å². The van der Waals surface area contributed by atoms with Gasteiger partial charge in [0.2, 0.25) is 0 Å². The van der Waals surface area contributed by atoms with Crippen LogP contribution in [-0.2, 0) is 11.3 Å². The summed E-state index contributed by atoms with van der Waals surface area (Å²) in [4.78, 5) is 14.6. The lowest BCUT2D eigenvalue weighted by molar-refractivity contribution is 0.00211. The molecule has 2 aromatic rings. The van der Waals surface area contributed by atoms with Crippen LogP contribution in [0.4, 0.5) is 4.39 Å². The molecule has 3 aliphatic rings. The maximum Gasteiger partial charge on any atom is 0.286 e. The third kappa shape index (κ3) is 2.97. The number of nitrogens with zero attached hydrogens (tertiary/aromatic N) is 1. The van der Waals surface area contributed by atoms with Crippen LogP contribution in [0.3, 0.4) is 0 Å². The van der Waals surface area contributed by atoms with Crippen LogP contribution in [0.25, 0.3) is 0 Å². The largest absolute Gasteiger partial charge is 0.459 e. The normalized spacial score (nSPS) is 32.0. The zero-order chi connectivity index (χ0) is 18.4. The molecule has 0 unspecified atom stereocenters. The second-order valence-electron chi connectivity index (χ2n) is 8.01. The zero-order valence-electron chi connectivity index (χ0n) is 15.1. The predicted molar refractivity (Wildman–Crippen MR) is 96.5 cm³/mol. The first-order valence-corrected chi connectivity index (χ1v) is 9.59. The lowest BCUT2D eigenvalue weighted by Gasteiger charge is -2.29. The zero-order valence-corrected chi connectivity index (χ0v) is 15.1. The van der Waals surface area contributed by atoms with Gasteiger partial charge in [-0.1, -0.05) is 12.1 Å². The number of carbonyl (C=O) groups is 1. The Kier molecular flexibility index (Phi) is 4.06. The highest BCUT2D eigenvalue weighted by Crippen LogP contribution is 2.54. The van der Waals surface area contributed by atoms with Crippen molar-refractivity contribution in [3.05, 3.63) is 59.8 Å². The van der Waals surface area contributed by atoms with Crippen molar-refractivity contribution in [1.29, 1.82) is 0 Å². The van der Waals surface area contributed by atoms with Gasteiger partial charge in [0.25, 0.3) is 5.91 Å². The summed E-state index contributed by atoms with van der Waals surface area (Å²) in [6.07, 6.45) is 3.89. The molecule has 5 nitrogen and oxygen atoms in total. The van der Waals surface area contributed by atoms with Crippen LogP contribution >= 0.6 is 0 Å². The summed E-state index contributed by atoms with van der Waals surface area (Å²) in [6.45, 7) is 3.28. The maximum absolute atomic E-state index is 13.1. The van der Waals surface area contributed by atoms with Gasteiger partial charge in [0.05, 0.1) is 18.0 Å². The molecule has 0 radical (unpaired) electrons. The molecule has 3 saturated heterocycles. The summed E-state index contributed by atoms with van der Waals surface area (Å²) < 4.78 is 24.7. The SMILES string of the molecule is O=C(NC[C@H]1[C@H]2CN(Cc3ccc(F)cc3)C[C@]23CC[C@H]1O3)c1ccco1. The van der Waals surface area contributed by atoms with Crippen molar-refractivity contribution >= 4 is 5.91 Å². The lowest BCUT2D eigenvalue weighted by Crippen LogP contribution is -2.41. The van der Waals surface area contributed by atoms with Crippen LogP contribution in [0.5, 0.6) is 0 Å². The molecule has 1 spiro atoms. The Bertz CT molecular complexity index is 822. The monoisotopic (exact) mass is 370 g/mol. The Labute approximate surface area is 157 Å². The molecule has 1 aromatic heterocycles. The molecule has 1 N–H and O–H groups in total. The van der Waals surface area contributed by atoms with Crippen LogP contribution in [-0.4, -0.2) is 42.1 Å². The molecular weight excluding hydrogens is 347 g/mol. The minimum absolute atomic E-state index is 0.0786. The van der Waals surface area contributed by atoms with Crippen LogP contribution in [0.15, 0.2) is 47.1 Å². The predicted octanol–water partition coefficient (Wildman–Crippen LogP) is 2.83. The molecule has 1 amide bonds. The topological polar surface area (TPSA) is 54.7 Å². The average Bonchev–Trinajstić information content (AvgIpc) is 3.42. The number of carbonyl (C=O) groups excluding carboxylic acids is 1. The van der Waals surface area contributed by atoms with E-state index in [9.17, 15) is 9.18 Å². The van der Waals surface area contributed by atoms with Gasteiger partial charge in [-0.3, -0.25) is 9.69 Å². The second kappa shape index (κ2) is 6.46. The van der Waals surface area contributed by atoms with Crippen molar-refractivity contribution in [2.24, 2.45) is 11.8 Å². The van der Waals surface area contributed by atoms with Gasteiger partial charge in [0.1, 0.15) is 5.82 Å². The Morgan fingerprint density at radius 1 is 1.30 bits per heavy atom. The van der Waals surface area contributed by atoms with Gasteiger partial charge in [-0.15, -0.1) is 0 Å². The fraction of sp³-hybridized carbons (Fsp3) is 0.476. The Hall–Kier alpha value is -2.18. The highest BCUT2D eigenvalue weighted by molar-refractivity contribution is 5.91. The number of hydrogen-bond acceptors (Lipinski definition) is 4. The van der Waals surface area contributed by atoms with Crippen molar-refractivity contribution in [2.75, 3.05) is 19.6 Å². The second-order valence-corrected chi connectivity index (χ2v) is 8.01. The number of likely N-dealkylation sites (tertiary alicyclic amines) is 1. The van der Waals surface area contributed by atoms with E-state index in [2.05, 4.69) is 10.2 Å². The maximum atomic E-state index is 13.1. The third-order valence-electron chi connectivity index (χ3n) is 6.42. The van der Waals surface area contributed by atoms with Crippen molar-refractivity contribution in [2.45, 2.75) is 31.1 Å². The number of fused-ring (bicyclic) bond motifs is 1. The van der Waals surface area contributed by atoms with E-state index in [4.69, 9.17) is 9.15 Å². The molecule has 27 heavy (non-hydrogen) atoms. The standard InChI is InChI=1S/C21H23FN2O3/c22-15-5-3-14(4-6-15)11-24-12-17-16(18-7-8-21(17,13-24)27-18)10-23-20(25)19-2-1-9-26-19/h1-6,9,16-18H,7-8,10-13H2,(H,23,25)/t16-,17+,18+,21+/m0/s1. The van der Waals surface area contributed by atoms with E-state index in [0.29, 0.717) is 24.1 Å². The first kappa shape index (κ1) is 17.0. The molecule has 6 heteroatoms. The van der Waals surface area contributed by atoms with E-state index in [0.717, 1.165) is 38.0 Å². The van der Waals surface area contributed by atoms with Crippen molar-refractivity contribution < 1.29 is 18.3 Å². The van der Waals surface area contributed by atoms with E-state index in [1.54, 1.807) is 12.1 Å². The number of halogens is 1. The fourth-order valence-electron chi connectivity index (χ4n) is 5.23. The molecule has 5 rings (SSSR count). The molecule has 0 aliphatic carbocycles. The summed E-state index contributed by atoms with van der Waals surface area (Å²) in [6, 6.07) is 10.1. The van der Waals surface area contributed by atoms with Gasteiger partial charge in [-0.2, -0.15) is 0 Å². The fourth-order valence-corrected chi connectivity index (χ4v) is 5.23. The molecule has 0 saturated carbocycles. The molecule has 3 fully saturated rings. The Morgan fingerprint density at radius 3 is 2.93 bits per heavy atom. The van der Waals surface area contributed by atoms with Crippen LogP contribution in [0, 0.1) is 17.7 Å². The number of hydrogen-bond donors (Lipinski definition) is 1. The Morgan fingerprint density at radius 2 is 2.15 bits per heavy atom. The van der Waals surface area contributed by atoms with Gasteiger partial charge in [0, 0.05) is 38.0 Å². The number of ether oxygens (including phenoxy) is 1. The van der Waals surface area contributed by atoms with Gasteiger partial charge >= 0.3 is 0 Å². The van der Waals surface area contributed by atoms with Crippen LogP contribution in [0.1, 0.15) is 29.0 Å². The molecule has 4 atom stereocenters. The minimum Gasteiger partial charge on any atom is -0.459 e.